The summed E-state index contributed by atoms with van der Waals surface area (Å²) in [5, 5.41) is 2.93. The van der Waals surface area contributed by atoms with Gasteiger partial charge in [0.2, 0.25) is 11.8 Å². The highest BCUT2D eigenvalue weighted by Crippen LogP contribution is 2.23. The van der Waals surface area contributed by atoms with Crippen molar-refractivity contribution in [3.8, 4) is 0 Å². The summed E-state index contributed by atoms with van der Waals surface area (Å²) in [5.74, 6) is -0.0324. The minimum atomic E-state index is -0.281. The molecule has 1 heterocycles. The molecule has 2 amide bonds. The Kier molecular flexibility index (Phi) is 6.59. The molecule has 138 valence electrons. The molecule has 1 aliphatic heterocycles. The second-order valence-electron chi connectivity index (χ2n) is 7.38. The SMILES string of the molecule is CC(=O)N[C@H](CC(=O)N(C)[C@H]1CCN(C)[C@@H](C)C1)c1ccc(C)cc1. The third-order valence-electron chi connectivity index (χ3n) is 5.36. The molecule has 1 saturated heterocycles. The van der Waals surface area contributed by atoms with E-state index in [1.165, 1.54) is 6.92 Å². The highest BCUT2D eigenvalue weighted by Gasteiger charge is 2.29. The number of carbonyl (C=O) groups is 2. The number of carbonyl (C=O) groups excluding carboxylic acids is 2. The van der Waals surface area contributed by atoms with Crippen LogP contribution in [0.1, 0.15) is 50.3 Å². The van der Waals surface area contributed by atoms with Crippen LogP contribution in [0.5, 0.6) is 0 Å². The first-order valence-corrected chi connectivity index (χ1v) is 9.07. The van der Waals surface area contributed by atoms with Gasteiger partial charge in [-0.2, -0.15) is 0 Å². The number of nitrogens with zero attached hydrogens (tertiary/aromatic N) is 2. The van der Waals surface area contributed by atoms with Crippen molar-refractivity contribution in [2.75, 3.05) is 20.6 Å². The molecule has 1 aromatic rings. The maximum absolute atomic E-state index is 12.8. The molecule has 0 aliphatic carbocycles. The van der Waals surface area contributed by atoms with Gasteiger partial charge >= 0.3 is 0 Å². The molecule has 0 aromatic heterocycles. The zero-order valence-corrected chi connectivity index (χ0v) is 16.1. The Morgan fingerprint density at radius 3 is 2.52 bits per heavy atom. The average Bonchev–Trinajstić information content (AvgIpc) is 2.56. The van der Waals surface area contributed by atoms with E-state index >= 15 is 0 Å². The molecule has 0 unspecified atom stereocenters. The second kappa shape index (κ2) is 8.48. The first kappa shape index (κ1) is 19.4. The molecule has 0 radical (unpaired) electrons. The predicted octanol–water partition coefficient (Wildman–Crippen LogP) is 2.50. The van der Waals surface area contributed by atoms with E-state index in [-0.39, 0.29) is 23.9 Å². The molecule has 0 bridgehead atoms. The topological polar surface area (TPSA) is 52.7 Å². The van der Waals surface area contributed by atoms with E-state index in [1.54, 1.807) is 0 Å². The van der Waals surface area contributed by atoms with E-state index in [1.807, 2.05) is 43.1 Å². The number of benzene rings is 1. The van der Waals surface area contributed by atoms with Gasteiger partial charge in [0, 0.05) is 32.6 Å². The molecule has 5 nitrogen and oxygen atoms in total. The van der Waals surface area contributed by atoms with E-state index in [4.69, 9.17) is 0 Å². The van der Waals surface area contributed by atoms with Crippen LogP contribution in [0.25, 0.3) is 0 Å². The van der Waals surface area contributed by atoms with Gasteiger partial charge < -0.3 is 15.1 Å². The van der Waals surface area contributed by atoms with Crippen molar-refractivity contribution < 1.29 is 9.59 Å². The maximum Gasteiger partial charge on any atom is 0.224 e. The summed E-state index contributed by atoms with van der Waals surface area (Å²) in [7, 11) is 4.03. The van der Waals surface area contributed by atoms with E-state index in [0.717, 1.165) is 30.5 Å². The summed E-state index contributed by atoms with van der Waals surface area (Å²) in [6, 6.07) is 8.47. The number of piperidine rings is 1. The fourth-order valence-electron chi connectivity index (χ4n) is 3.43. The molecular formula is C20H31N3O2. The Labute approximate surface area is 151 Å². The van der Waals surface area contributed by atoms with Gasteiger partial charge in [0.15, 0.2) is 0 Å². The number of hydrogen-bond donors (Lipinski definition) is 1. The first-order valence-electron chi connectivity index (χ1n) is 9.07. The molecule has 0 spiro atoms. The summed E-state index contributed by atoms with van der Waals surface area (Å²) in [6.45, 7) is 6.73. The third-order valence-corrected chi connectivity index (χ3v) is 5.36. The third kappa shape index (κ3) is 5.30. The zero-order valence-electron chi connectivity index (χ0n) is 16.1. The highest BCUT2D eigenvalue weighted by molar-refractivity contribution is 5.79. The van der Waals surface area contributed by atoms with Gasteiger partial charge in [-0.05, 0) is 39.3 Å². The second-order valence-corrected chi connectivity index (χ2v) is 7.38. The van der Waals surface area contributed by atoms with Gasteiger partial charge in [-0.15, -0.1) is 0 Å². The molecule has 25 heavy (non-hydrogen) atoms. The predicted molar refractivity (Wildman–Crippen MR) is 100 cm³/mol. The number of amides is 2. The fraction of sp³-hybridized carbons (Fsp3) is 0.600. The van der Waals surface area contributed by atoms with Crippen molar-refractivity contribution in [3.05, 3.63) is 35.4 Å². The molecular weight excluding hydrogens is 314 g/mol. The number of nitrogens with one attached hydrogen (secondary N) is 1. The van der Waals surface area contributed by atoms with Gasteiger partial charge in [0.25, 0.3) is 0 Å². The van der Waals surface area contributed by atoms with Gasteiger partial charge in [0.1, 0.15) is 0 Å². The Hall–Kier alpha value is -1.88. The quantitative estimate of drug-likeness (QED) is 0.892. The van der Waals surface area contributed by atoms with Gasteiger partial charge in [-0.1, -0.05) is 29.8 Å². The summed E-state index contributed by atoms with van der Waals surface area (Å²) in [5.41, 5.74) is 2.13. The Morgan fingerprint density at radius 2 is 1.96 bits per heavy atom. The Bertz CT molecular complexity index is 599. The van der Waals surface area contributed by atoms with E-state index in [2.05, 4.69) is 24.2 Å². The zero-order chi connectivity index (χ0) is 18.6. The van der Waals surface area contributed by atoms with Crippen LogP contribution in [0, 0.1) is 6.92 Å². The largest absolute Gasteiger partial charge is 0.349 e. The molecule has 1 fully saturated rings. The number of likely N-dealkylation sites (tertiary alicyclic amines) is 1. The van der Waals surface area contributed by atoms with Crippen LogP contribution in [0.4, 0.5) is 0 Å². The molecule has 1 N–H and O–H groups in total. The van der Waals surface area contributed by atoms with E-state index in [0.29, 0.717) is 12.5 Å². The molecule has 1 aromatic carbocycles. The lowest BCUT2D eigenvalue weighted by molar-refractivity contribution is -0.134. The number of rotatable bonds is 5. The van der Waals surface area contributed by atoms with Crippen LogP contribution in [0.15, 0.2) is 24.3 Å². The average molecular weight is 345 g/mol. The minimum absolute atomic E-state index is 0.0843. The lowest BCUT2D eigenvalue weighted by atomic mass is 9.96. The summed E-state index contributed by atoms with van der Waals surface area (Å²) in [6.07, 6.45) is 2.28. The minimum Gasteiger partial charge on any atom is -0.349 e. The number of hydrogen-bond acceptors (Lipinski definition) is 3. The summed E-state index contributed by atoms with van der Waals surface area (Å²) >= 11 is 0. The maximum atomic E-state index is 12.8. The molecule has 0 saturated carbocycles. The van der Waals surface area contributed by atoms with E-state index < -0.39 is 0 Å². The highest BCUT2D eigenvalue weighted by atomic mass is 16.2. The monoisotopic (exact) mass is 345 g/mol. The van der Waals surface area contributed by atoms with Crippen molar-refractivity contribution in [1.82, 2.24) is 15.1 Å². The Morgan fingerprint density at radius 1 is 1.32 bits per heavy atom. The van der Waals surface area contributed by atoms with Crippen molar-refractivity contribution in [2.45, 2.75) is 58.2 Å². The van der Waals surface area contributed by atoms with Crippen LogP contribution >= 0.6 is 0 Å². The normalized spacial score (nSPS) is 22.3. The van der Waals surface area contributed by atoms with Crippen molar-refractivity contribution in [2.24, 2.45) is 0 Å². The van der Waals surface area contributed by atoms with Crippen LogP contribution in [-0.4, -0.2) is 54.3 Å². The van der Waals surface area contributed by atoms with Crippen LogP contribution < -0.4 is 5.32 Å². The first-order chi connectivity index (χ1) is 11.8. The van der Waals surface area contributed by atoms with Crippen LogP contribution in [0.3, 0.4) is 0 Å². The van der Waals surface area contributed by atoms with Crippen molar-refractivity contribution in [3.63, 3.8) is 0 Å². The molecule has 2 rings (SSSR count). The smallest absolute Gasteiger partial charge is 0.224 e. The van der Waals surface area contributed by atoms with Gasteiger partial charge in [0.05, 0.1) is 12.5 Å². The Balaban J connectivity index is 2.05. The van der Waals surface area contributed by atoms with Crippen molar-refractivity contribution in [1.29, 1.82) is 0 Å². The molecule has 1 aliphatic rings. The summed E-state index contributed by atoms with van der Waals surface area (Å²) in [4.78, 5) is 28.6. The van der Waals surface area contributed by atoms with Crippen LogP contribution in [0.2, 0.25) is 0 Å². The lowest BCUT2D eigenvalue weighted by Crippen LogP contribution is -2.48. The van der Waals surface area contributed by atoms with Gasteiger partial charge in [-0.3, -0.25) is 9.59 Å². The lowest BCUT2D eigenvalue weighted by Gasteiger charge is -2.39. The molecule has 5 heteroatoms. The molecule has 3 atom stereocenters. The van der Waals surface area contributed by atoms with E-state index in [9.17, 15) is 9.59 Å². The summed E-state index contributed by atoms with van der Waals surface area (Å²) < 4.78 is 0. The fourth-order valence-corrected chi connectivity index (χ4v) is 3.43. The number of aryl methyl sites for hydroxylation is 1. The van der Waals surface area contributed by atoms with Crippen molar-refractivity contribution >= 4 is 11.8 Å². The van der Waals surface area contributed by atoms with Gasteiger partial charge in [-0.25, -0.2) is 0 Å². The standard InChI is InChI=1S/C20H31N3O2/c1-14-6-8-17(9-7-14)19(21-16(3)24)13-20(25)23(5)18-10-11-22(4)15(2)12-18/h6-9,15,18-19H,10-13H2,1-5H3,(H,21,24)/t15-,18-,19+/m0/s1. The van der Waals surface area contributed by atoms with Crippen LogP contribution in [-0.2, 0) is 9.59 Å².